The van der Waals surface area contributed by atoms with E-state index in [0.29, 0.717) is 17.2 Å². The van der Waals surface area contributed by atoms with Gasteiger partial charge in [0.1, 0.15) is 0 Å². The van der Waals surface area contributed by atoms with Crippen molar-refractivity contribution >= 4 is 23.6 Å². The minimum absolute atomic E-state index is 0.170. The molecule has 1 aromatic rings. The number of rotatable bonds is 6. The topological polar surface area (TPSA) is 125 Å². The summed E-state index contributed by atoms with van der Waals surface area (Å²) in [6.45, 7) is 2.71. The molecule has 2 rings (SSSR count). The van der Waals surface area contributed by atoms with Crippen LogP contribution in [0.1, 0.15) is 19.4 Å². The van der Waals surface area contributed by atoms with E-state index in [1.54, 1.807) is 25.1 Å². The Hall–Kier alpha value is -3.30. The third kappa shape index (κ3) is 5.10. The summed E-state index contributed by atoms with van der Waals surface area (Å²) in [7, 11) is 1.35. The second-order valence-electron chi connectivity index (χ2n) is 5.22. The predicted molar refractivity (Wildman–Crippen MR) is 88.9 cm³/mol. The number of oxime groups is 1. The average Bonchev–Trinajstić information content (AvgIpc) is 3.08. The maximum absolute atomic E-state index is 11.7. The maximum atomic E-state index is 11.7. The molecule has 3 amide bonds. The number of urea groups is 1. The van der Waals surface area contributed by atoms with Crippen molar-refractivity contribution in [1.29, 1.82) is 0 Å². The van der Waals surface area contributed by atoms with E-state index in [1.165, 1.54) is 14.0 Å². The van der Waals surface area contributed by atoms with E-state index in [2.05, 4.69) is 10.5 Å². The summed E-state index contributed by atoms with van der Waals surface area (Å²) >= 11 is 0. The average molecular weight is 365 g/mol. The van der Waals surface area contributed by atoms with E-state index in [9.17, 15) is 14.4 Å². The van der Waals surface area contributed by atoms with Crippen LogP contribution in [0.2, 0.25) is 0 Å². The molecule has 0 saturated heterocycles. The molecular weight excluding hydrogens is 346 g/mol. The number of ether oxygens (including phenoxy) is 3. The third-order valence-corrected chi connectivity index (χ3v) is 3.32. The van der Waals surface area contributed by atoms with Crippen LogP contribution in [-0.4, -0.2) is 50.2 Å². The van der Waals surface area contributed by atoms with Crippen molar-refractivity contribution in [1.82, 2.24) is 10.6 Å². The molecule has 0 aromatic heterocycles. The number of hydrogen-bond acceptors (Lipinski definition) is 8. The zero-order valence-corrected chi connectivity index (χ0v) is 14.5. The number of benzene rings is 1. The lowest BCUT2D eigenvalue weighted by molar-refractivity contribution is -0.158. The molecule has 1 aromatic carbocycles. The van der Waals surface area contributed by atoms with Gasteiger partial charge in [-0.25, -0.2) is 9.59 Å². The Morgan fingerprint density at radius 3 is 2.73 bits per heavy atom. The molecule has 0 spiro atoms. The van der Waals surface area contributed by atoms with Gasteiger partial charge in [0.05, 0.1) is 5.71 Å². The summed E-state index contributed by atoms with van der Waals surface area (Å²) in [6, 6.07) is 4.57. The number of imide groups is 1. The highest BCUT2D eigenvalue weighted by atomic mass is 16.7. The first-order valence-corrected chi connectivity index (χ1v) is 7.69. The molecule has 0 unspecified atom stereocenters. The molecule has 10 heteroatoms. The highest BCUT2D eigenvalue weighted by Crippen LogP contribution is 2.32. The van der Waals surface area contributed by atoms with E-state index in [0.717, 1.165) is 5.56 Å². The minimum atomic E-state index is -1.15. The molecule has 1 heterocycles. The van der Waals surface area contributed by atoms with Gasteiger partial charge >= 0.3 is 12.0 Å². The van der Waals surface area contributed by atoms with Crippen LogP contribution in [0.25, 0.3) is 0 Å². The number of carbonyl (C=O) groups is 3. The van der Waals surface area contributed by atoms with Crippen molar-refractivity contribution in [2.45, 2.75) is 20.0 Å². The van der Waals surface area contributed by atoms with Gasteiger partial charge in [-0.05, 0) is 32.0 Å². The van der Waals surface area contributed by atoms with Crippen molar-refractivity contribution in [2.24, 2.45) is 5.16 Å². The van der Waals surface area contributed by atoms with E-state index in [-0.39, 0.29) is 6.79 Å². The van der Waals surface area contributed by atoms with Gasteiger partial charge < -0.3 is 24.4 Å². The molecule has 0 aliphatic carbocycles. The highest BCUT2D eigenvalue weighted by Gasteiger charge is 2.20. The first-order chi connectivity index (χ1) is 12.4. The number of nitrogens with zero attached hydrogens (tertiary/aromatic N) is 1. The monoisotopic (exact) mass is 365 g/mol. The van der Waals surface area contributed by atoms with Gasteiger partial charge in [-0.3, -0.25) is 10.1 Å². The molecule has 1 aliphatic heterocycles. The highest BCUT2D eigenvalue weighted by molar-refractivity contribution is 5.99. The number of esters is 1. The number of amides is 3. The van der Waals surface area contributed by atoms with E-state index in [1.807, 2.05) is 5.32 Å². The summed E-state index contributed by atoms with van der Waals surface area (Å²) in [6.07, 6.45) is -1.15. The van der Waals surface area contributed by atoms with Gasteiger partial charge in [-0.1, -0.05) is 5.16 Å². The van der Waals surface area contributed by atoms with Gasteiger partial charge in [0.25, 0.3) is 5.91 Å². The van der Waals surface area contributed by atoms with Crippen molar-refractivity contribution in [2.75, 3.05) is 20.4 Å². The summed E-state index contributed by atoms with van der Waals surface area (Å²) in [5.74, 6) is -0.299. The van der Waals surface area contributed by atoms with Gasteiger partial charge in [0.15, 0.2) is 17.6 Å². The van der Waals surface area contributed by atoms with Gasteiger partial charge in [-0.2, -0.15) is 0 Å². The Labute approximate surface area is 149 Å². The van der Waals surface area contributed by atoms with Crippen LogP contribution in [0.15, 0.2) is 23.4 Å². The molecule has 0 fully saturated rings. The third-order valence-electron chi connectivity index (χ3n) is 3.32. The SMILES string of the molecule is CNC(=O)NC(=O)[C@@H](C)OC(=O)CO/N=C(/C)c1ccc2c(c1)OCO2. The fourth-order valence-corrected chi connectivity index (χ4v) is 1.92. The van der Waals surface area contributed by atoms with Gasteiger partial charge in [0, 0.05) is 12.6 Å². The Balaban J connectivity index is 1.80. The molecule has 26 heavy (non-hydrogen) atoms. The molecule has 0 radical (unpaired) electrons. The van der Waals surface area contributed by atoms with Crippen molar-refractivity contribution in [3.05, 3.63) is 23.8 Å². The van der Waals surface area contributed by atoms with Crippen molar-refractivity contribution in [3.8, 4) is 11.5 Å². The zero-order valence-electron chi connectivity index (χ0n) is 14.5. The normalized spacial score (nSPS) is 13.6. The van der Waals surface area contributed by atoms with Gasteiger partial charge in [0.2, 0.25) is 13.4 Å². The van der Waals surface area contributed by atoms with Crippen LogP contribution in [0.5, 0.6) is 11.5 Å². The van der Waals surface area contributed by atoms with Crippen LogP contribution in [0, 0.1) is 0 Å². The smallest absolute Gasteiger partial charge is 0.347 e. The molecule has 1 atom stereocenters. The lowest BCUT2D eigenvalue weighted by Crippen LogP contribution is -2.43. The number of nitrogens with one attached hydrogen (secondary N) is 2. The fraction of sp³-hybridized carbons (Fsp3) is 0.375. The van der Waals surface area contributed by atoms with Crippen molar-refractivity contribution < 1.29 is 33.4 Å². The van der Waals surface area contributed by atoms with Gasteiger partial charge in [-0.15, -0.1) is 0 Å². The van der Waals surface area contributed by atoms with E-state index >= 15 is 0 Å². The lowest BCUT2D eigenvalue weighted by atomic mass is 10.1. The zero-order chi connectivity index (χ0) is 19.1. The second-order valence-corrected chi connectivity index (χ2v) is 5.22. The number of hydrogen-bond donors (Lipinski definition) is 2. The molecule has 10 nitrogen and oxygen atoms in total. The molecule has 0 bridgehead atoms. The molecule has 0 saturated carbocycles. The van der Waals surface area contributed by atoms with E-state index < -0.39 is 30.6 Å². The summed E-state index contributed by atoms with van der Waals surface area (Å²) in [5.41, 5.74) is 1.25. The fourth-order valence-electron chi connectivity index (χ4n) is 1.92. The molecule has 1 aliphatic rings. The van der Waals surface area contributed by atoms with Crippen LogP contribution < -0.4 is 20.1 Å². The Morgan fingerprint density at radius 1 is 1.27 bits per heavy atom. The van der Waals surface area contributed by atoms with Crippen molar-refractivity contribution in [3.63, 3.8) is 0 Å². The Morgan fingerprint density at radius 2 is 2.00 bits per heavy atom. The van der Waals surface area contributed by atoms with Crippen LogP contribution >= 0.6 is 0 Å². The number of fused-ring (bicyclic) bond motifs is 1. The van der Waals surface area contributed by atoms with E-state index in [4.69, 9.17) is 19.0 Å². The van der Waals surface area contributed by atoms with Crippen LogP contribution in [0.4, 0.5) is 4.79 Å². The van der Waals surface area contributed by atoms with Crippen LogP contribution in [-0.2, 0) is 19.2 Å². The lowest BCUT2D eigenvalue weighted by Gasteiger charge is -2.12. The summed E-state index contributed by atoms with van der Waals surface area (Å²) in [4.78, 5) is 39.2. The molecule has 140 valence electrons. The Bertz CT molecular complexity index is 733. The standard InChI is InChI=1S/C16H19N3O7/c1-9(11-4-5-12-13(6-11)24-8-23-12)19-25-7-14(20)26-10(2)15(21)18-16(22)17-3/h4-6,10H,7-8H2,1-3H3,(H2,17,18,21,22)/b19-9-/t10-/m1/s1. The molecule has 2 N–H and O–H groups in total. The quantitative estimate of drug-likeness (QED) is 0.428. The van der Waals surface area contributed by atoms with Crippen LogP contribution in [0.3, 0.4) is 0 Å². The predicted octanol–water partition coefficient (Wildman–Crippen LogP) is 0.543. The first-order valence-electron chi connectivity index (χ1n) is 7.69. The Kier molecular flexibility index (Phi) is 6.36. The summed E-state index contributed by atoms with van der Waals surface area (Å²) < 4.78 is 15.3. The largest absolute Gasteiger partial charge is 0.454 e. The summed E-state index contributed by atoms with van der Waals surface area (Å²) in [5, 5.41) is 8.03. The minimum Gasteiger partial charge on any atom is -0.454 e. The first kappa shape index (κ1) is 19.0. The molecular formula is C16H19N3O7. The maximum Gasteiger partial charge on any atom is 0.347 e. The second kappa shape index (κ2) is 8.70. The number of carbonyl (C=O) groups excluding carboxylic acids is 3.